The lowest BCUT2D eigenvalue weighted by Crippen LogP contribution is -2.23. The summed E-state index contributed by atoms with van der Waals surface area (Å²) in [6.45, 7) is 1.51. The summed E-state index contributed by atoms with van der Waals surface area (Å²) < 4.78 is 0. The van der Waals surface area contributed by atoms with Crippen molar-refractivity contribution in [3.63, 3.8) is 0 Å². The van der Waals surface area contributed by atoms with Gasteiger partial charge in [0.1, 0.15) is 5.84 Å². The fourth-order valence-electron chi connectivity index (χ4n) is 0.299. The summed E-state index contributed by atoms with van der Waals surface area (Å²) in [5, 5.41) is 7.35. The zero-order chi connectivity index (χ0) is 8.15. The Labute approximate surface area is 65.3 Å². The number of rotatable bonds is 2. The van der Waals surface area contributed by atoms with Crippen molar-refractivity contribution in [2.75, 3.05) is 19.8 Å². The van der Waals surface area contributed by atoms with Crippen LogP contribution in [-0.4, -0.2) is 35.7 Å². The van der Waals surface area contributed by atoms with E-state index in [4.69, 9.17) is 5.41 Å². The number of carbonyl (C=O) groups excluding carboxylic acids is 1. The average molecular weight is 160 g/mol. The first-order valence-corrected chi connectivity index (χ1v) is 3.90. The molecule has 0 aromatic rings. The van der Waals surface area contributed by atoms with Gasteiger partial charge in [0.2, 0.25) is 0 Å². The molecule has 0 aromatic carbocycles. The van der Waals surface area contributed by atoms with Crippen molar-refractivity contribution < 1.29 is 4.79 Å². The van der Waals surface area contributed by atoms with Crippen LogP contribution in [0.5, 0.6) is 0 Å². The lowest BCUT2D eigenvalue weighted by molar-refractivity contribution is -0.109. The Morgan fingerprint density at radius 3 is 2.40 bits per heavy atom. The van der Waals surface area contributed by atoms with E-state index in [1.807, 2.05) is 0 Å². The topological polar surface area (TPSA) is 44.2 Å². The third-order valence-corrected chi connectivity index (χ3v) is 1.78. The van der Waals surface area contributed by atoms with Crippen molar-refractivity contribution in [3.8, 4) is 0 Å². The minimum Gasteiger partial charge on any atom is -0.366 e. The number of thioether (sulfide) groups is 1. The summed E-state index contributed by atoms with van der Waals surface area (Å²) in [4.78, 5) is 12.1. The average Bonchev–Trinajstić information content (AvgIpc) is 1.82. The molecule has 0 radical (unpaired) electrons. The molecule has 0 aliphatic carbocycles. The quantitative estimate of drug-likeness (QED) is 0.480. The van der Waals surface area contributed by atoms with Gasteiger partial charge in [-0.2, -0.15) is 0 Å². The van der Waals surface area contributed by atoms with Gasteiger partial charge in [-0.3, -0.25) is 10.2 Å². The number of carbonyl (C=O) groups is 1. The van der Waals surface area contributed by atoms with Gasteiger partial charge >= 0.3 is 0 Å². The largest absolute Gasteiger partial charge is 0.366 e. The summed E-state index contributed by atoms with van der Waals surface area (Å²) in [5.41, 5.74) is 0. The van der Waals surface area contributed by atoms with Crippen LogP contribution < -0.4 is 0 Å². The highest BCUT2D eigenvalue weighted by molar-refractivity contribution is 8.14. The minimum atomic E-state index is 0.0617. The van der Waals surface area contributed by atoms with Crippen molar-refractivity contribution in [1.82, 2.24) is 4.90 Å². The second-order valence-electron chi connectivity index (χ2n) is 2.12. The first-order chi connectivity index (χ1) is 4.54. The molecular formula is C6H12N2OS. The third-order valence-electron chi connectivity index (χ3n) is 0.952. The van der Waals surface area contributed by atoms with E-state index in [1.165, 1.54) is 6.92 Å². The molecule has 58 valence electrons. The summed E-state index contributed by atoms with van der Waals surface area (Å²) in [5.74, 6) is 0.947. The molecule has 0 spiro atoms. The Bertz CT molecular complexity index is 145. The van der Waals surface area contributed by atoms with Gasteiger partial charge in [0.25, 0.3) is 0 Å². The van der Waals surface area contributed by atoms with Crippen molar-refractivity contribution in [2.24, 2.45) is 0 Å². The smallest absolute Gasteiger partial charge is 0.186 e. The fourth-order valence-corrected chi connectivity index (χ4v) is 0.897. The van der Waals surface area contributed by atoms with Gasteiger partial charge in [-0.05, 0) is 0 Å². The van der Waals surface area contributed by atoms with Crippen molar-refractivity contribution in [1.29, 1.82) is 5.41 Å². The monoisotopic (exact) mass is 160 g/mol. The number of hydrogen-bond donors (Lipinski definition) is 1. The molecule has 0 fully saturated rings. The molecule has 3 nitrogen and oxygen atoms in total. The van der Waals surface area contributed by atoms with Gasteiger partial charge in [0.15, 0.2) is 5.12 Å². The zero-order valence-corrected chi connectivity index (χ0v) is 7.29. The zero-order valence-electron chi connectivity index (χ0n) is 6.47. The van der Waals surface area contributed by atoms with Crippen LogP contribution in [0.4, 0.5) is 0 Å². The molecule has 0 bridgehead atoms. The van der Waals surface area contributed by atoms with E-state index >= 15 is 0 Å². The molecule has 0 aromatic heterocycles. The fraction of sp³-hybridized carbons (Fsp3) is 0.667. The molecule has 0 heterocycles. The predicted octanol–water partition coefficient (Wildman–Crippen LogP) is 0.805. The van der Waals surface area contributed by atoms with Crippen molar-refractivity contribution in [2.45, 2.75) is 6.92 Å². The van der Waals surface area contributed by atoms with Gasteiger partial charge in [0.05, 0.1) is 5.75 Å². The van der Waals surface area contributed by atoms with Crippen LogP contribution in [0.15, 0.2) is 0 Å². The second-order valence-corrected chi connectivity index (χ2v) is 3.27. The lowest BCUT2D eigenvalue weighted by Gasteiger charge is -2.11. The molecule has 0 saturated heterocycles. The summed E-state index contributed by atoms with van der Waals surface area (Å²) in [7, 11) is 3.59. The molecule has 10 heavy (non-hydrogen) atoms. The Hall–Kier alpha value is -0.510. The molecule has 0 amide bonds. The van der Waals surface area contributed by atoms with E-state index in [9.17, 15) is 4.79 Å². The summed E-state index contributed by atoms with van der Waals surface area (Å²) >= 11 is 1.16. The third kappa shape index (κ3) is 4.38. The Morgan fingerprint density at radius 2 is 2.10 bits per heavy atom. The molecule has 4 heteroatoms. The molecule has 1 N–H and O–H groups in total. The van der Waals surface area contributed by atoms with Crippen LogP contribution in [0.2, 0.25) is 0 Å². The van der Waals surface area contributed by atoms with Crippen molar-refractivity contribution >= 4 is 22.7 Å². The molecule has 0 atom stereocenters. The SMILES string of the molecule is CC(=O)SCC(=N)N(C)C. The van der Waals surface area contributed by atoms with Gasteiger partial charge in [-0.1, -0.05) is 11.8 Å². The van der Waals surface area contributed by atoms with Crippen LogP contribution in [0.25, 0.3) is 0 Å². The highest BCUT2D eigenvalue weighted by Gasteiger charge is 2.00. The molecule has 0 unspecified atom stereocenters. The first-order valence-electron chi connectivity index (χ1n) is 2.92. The van der Waals surface area contributed by atoms with E-state index in [-0.39, 0.29) is 5.12 Å². The van der Waals surface area contributed by atoms with Gasteiger partial charge in [-0.15, -0.1) is 0 Å². The van der Waals surface area contributed by atoms with Crippen LogP contribution >= 0.6 is 11.8 Å². The van der Waals surface area contributed by atoms with Gasteiger partial charge in [-0.25, -0.2) is 0 Å². The van der Waals surface area contributed by atoms with E-state index in [0.29, 0.717) is 11.6 Å². The highest BCUT2D eigenvalue weighted by atomic mass is 32.2. The van der Waals surface area contributed by atoms with E-state index in [1.54, 1.807) is 19.0 Å². The Kier molecular flexibility index (Phi) is 4.11. The lowest BCUT2D eigenvalue weighted by atomic mass is 10.6. The number of nitrogens with zero attached hydrogens (tertiary/aromatic N) is 1. The molecule has 0 saturated carbocycles. The number of nitrogens with one attached hydrogen (secondary N) is 1. The van der Waals surface area contributed by atoms with Crippen LogP contribution in [0.3, 0.4) is 0 Å². The minimum absolute atomic E-state index is 0.0617. The second kappa shape index (κ2) is 4.33. The summed E-state index contributed by atoms with van der Waals surface area (Å²) in [6.07, 6.45) is 0. The van der Waals surface area contributed by atoms with Crippen LogP contribution in [0.1, 0.15) is 6.92 Å². The highest BCUT2D eigenvalue weighted by Crippen LogP contribution is 2.01. The van der Waals surface area contributed by atoms with Crippen LogP contribution in [-0.2, 0) is 4.79 Å². The first kappa shape index (κ1) is 9.49. The van der Waals surface area contributed by atoms with E-state index < -0.39 is 0 Å². The molecule has 0 rings (SSSR count). The molecule has 0 aliphatic heterocycles. The normalized spacial score (nSPS) is 9.10. The standard InChI is InChI=1S/C6H12N2OS/c1-5(9)10-4-6(7)8(2)3/h7H,4H2,1-3H3. The number of hydrogen-bond acceptors (Lipinski definition) is 3. The molecule has 0 aliphatic rings. The van der Waals surface area contributed by atoms with Gasteiger partial charge < -0.3 is 4.90 Å². The summed E-state index contributed by atoms with van der Waals surface area (Å²) in [6, 6.07) is 0. The van der Waals surface area contributed by atoms with Gasteiger partial charge in [0, 0.05) is 21.0 Å². The van der Waals surface area contributed by atoms with Crippen LogP contribution in [0, 0.1) is 5.41 Å². The predicted molar refractivity (Wildman–Crippen MR) is 44.6 cm³/mol. The maximum atomic E-state index is 10.4. The van der Waals surface area contributed by atoms with E-state index in [0.717, 1.165) is 11.8 Å². The van der Waals surface area contributed by atoms with E-state index in [2.05, 4.69) is 0 Å². The number of amidine groups is 1. The van der Waals surface area contributed by atoms with Crippen molar-refractivity contribution in [3.05, 3.63) is 0 Å². The Balaban J connectivity index is 3.50. The maximum absolute atomic E-state index is 10.4. The Morgan fingerprint density at radius 1 is 1.60 bits per heavy atom. The maximum Gasteiger partial charge on any atom is 0.186 e. The molecular weight excluding hydrogens is 148 g/mol.